The van der Waals surface area contributed by atoms with Crippen molar-refractivity contribution < 1.29 is 18.0 Å². The van der Waals surface area contributed by atoms with Gasteiger partial charge in [0.05, 0.1) is 15.7 Å². The first kappa shape index (κ1) is 15.2. The number of nitrogens with one attached hydrogen (secondary N) is 2. The van der Waals surface area contributed by atoms with E-state index in [1.807, 2.05) is 0 Å². The van der Waals surface area contributed by atoms with Crippen LogP contribution in [0.4, 0.5) is 23.7 Å². The van der Waals surface area contributed by atoms with Gasteiger partial charge in [-0.2, -0.15) is 13.2 Å². The van der Waals surface area contributed by atoms with Gasteiger partial charge >= 0.3 is 12.2 Å². The molecule has 0 aliphatic carbocycles. The number of urea groups is 1. The van der Waals surface area contributed by atoms with Crippen LogP contribution in [0.3, 0.4) is 0 Å². The van der Waals surface area contributed by atoms with Crippen LogP contribution in [-0.2, 0) is 0 Å². The van der Waals surface area contributed by atoms with Crippen LogP contribution < -0.4 is 10.6 Å². The molecular formula is C9H6Cl3F3N2O. The van der Waals surface area contributed by atoms with E-state index in [1.54, 1.807) is 5.32 Å². The molecule has 1 aromatic rings. The van der Waals surface area contributed by atoms with Crippen molar-refractivity contribution in [3.63, 3.8) is 0 Å². The molecule has 0 unspecified atom stereocenters. The molecule has 0 aromatic heterocycles. The maximum atomic E-state index is 11.9. The Balaban J connectivity index is 2.71. The quantitative estimate of drug-likeness (QED) is 0.836. The summed E-state index contributed by atoms with van der Waals surface area (Å²) < 4.78 is 35.6. The predicted molar refractivity (Wildman–Crippen MR) is 64.5 cm³/mol. The number of amides is 2. The van der Waals surface area contributed by atoms with Gasteiger partial charge in [0.15, 0.2) is 0 Å². The van der Waals surface area contributed by atoms with E-state index in [2.05, 4.69) is 5.32 Å². The minimum Gasteiger partial charge on any atom is -0.329 e. The van der Waals surface area contributed by atoms with Gasteiger partial charge < -0.3 is 10.6 Å². The van der Waals surface area contributed by atoms with Crippen LogP contribution in [0.1, 0.15) is 0 Å². The minimum absolute atomic E-state index is 0.0117. The second-order valence-electron chi connectivity index (χ2n) is 3.17. The third-order valence-corrected chi connectivity index (χ3v) is 2.51. The molecule has 0 radical (unpaired) electrons. The summed E-state index contributed by atoms with van der Waals surface area (Å²) in [6.07, 6.45) is -4.50. The molecule has 0 spiro atoms. The number of benzene rings is 1. The van der Waals surface area contributed by atoms with Crippen molar-refractivity contribution in [3.8, 4) is 0 Å². The molecule has 0 aliphatic rings. The summed E-state index contributed by atoms with van der Waals surface area (Å²) in [5.74, 6) is 0. The van der Waals surface area contributed by atoms with Gasteiger partial charge in [0, 0.05) is 5.02 Å². The summed E-state index contributed by atoms with van der Waals surface area (Å²) >= 11 is 17.1. The van der Waals surface area contributed by atoms with Crippen molar-refractivity contribution in [2.75, 3.05) is 11.9 Å². The molecule has 0 saturated heterocycles. The molecule has 0 atom stereocenters. The Morgan fingerprint density at radius 2 is 1.67 bits per heavy atom. The van der Waals surface area contributed by atoms with Crippen LogP contribution in [0, 0.1) is 0 Å². The standard InChI is InChI=1S/C9H6Cl3F3N2O/c10-4-1-5(11)7(6(12)2-4)17-8(18)16-3-9(13,14)15/h1-2H,3H2,(H2,16,17,18). The van der Waals surface area contributed by atoms with Crippen molar-refractivity contribution in [1.82, 2.24) is 5.32 Å². The number of carbonyl (C=O) groups excluding carboxylic acids is 1. The van der Waals surface area contributed by atoms with Crippen LogP contribution in [-0.4, -0.2) is 18.8 Å². The van der Waals surface area contributed by atoms with E-state index in [0.717, 1.165) is 0 Å². The summed E-state index contributed by atoms with van der Waals surface area (Å²) in [5.41, 5.74) is -0.0117. The number of hydrogen-bond donors (Lipinski definition) is 2. The maximum absolute atomic E-state index is 11.9. The van der Waals surface area contributed by atoms with E-state index in [1.165, 1.54) is 12.1 Å². The highest BCUT2D eigenvalue weighted by molar-refractivity contribution is 6.42. The summed E-state index contributed by atoms with van der Waals surface area (Å²) in [7, 11) is 0. The Bertz CT molecular complexity index is 442. The number of carbonyl (C=O) groups is 1. The van der Waals surface area contributed by atoms with Gasteiger partial charge in [0.2, 0.25) is 0 Å². The number of hydrogen-bond acceptors (Lipinski definition) is 1. The van der Waals surface area contributed by atoms with Gasteiger partial charge in [0.25, 0.3) is 0 Å². The SMILES string of the molecule is O=C(NCC(F)(F)F)Nc1c(Cl)cc(Cl)cc1Cl. The third kappa shape index (κ3) is 4.80. The lowest BCUT2D eigenvalue weighted by molar-refractivity contribution is -0.122. The Labute approximate surface area is 115 Å². The van der Waals surface area contributed by atoms with Gasteiger partial charge in [-0.05, 0) is 12.1 Å². The first-order valence-corrected chi connectivity index (χ1v) is 5.58. The fraction of sp³-hybridized carbons (Fsp3) is 0.222. The molecule has 3 nitrogen and oxygen atoms in total. The van der Waals surface area contributed by atoms with E-state index in [0.29, 0.717) is 0 Å². The summed E-state index contributed by atoms with van der Waals surface area (Å²) in [5, 5.41) is 4.01. The lowest BCUT2D eigenvalue weighted by Crippen LogP contribution is -2.36. The zero-order chi connectivity index (χ0) is 13.9. The van der Waals surface area contributed by atoms with Gasteiger partial charge in [-0.1, -0.05) is 34.8 Å². The second kappa shape index (κ2) is 5.86. The van der Waals surface area contributed by atoms with E-state index in [4.69, 9.17) is 34.8 Å². The number of halogens is 6. The van der Waals surface area contributed by atoms with Crippen LogP contribution in [0.25, 0.3) is 0 Å². The first-order chi connectivity index (χ1) is 8.19. The molecule has 18 heavy (non-hydrogen) atoms. The molecule has 0 saturated carbocycles. The van der Waals surface area contributed by atoms with E-state index in [-0.39, 0.29) is 20.8 Å². The average Bonchev–Trinajstić information content (AvgIpc) is 2.19. The topological polar surface area (TPSA) is 41.1 Å². The molecule has 0 aliphatic heterocycles. The molecule has 1 rings (SSSR count). The largest absolute Gasteiger partial charge is 0.405 e. The van der Waals surface area contributed by atoms with Crippen LogP contribution >= 0.6 is 34.8 Å². The number of rotatable bonds is 2. The van der Waals surface area contributed by atoms with Crippen LogP contribution in [0.15, 0.2) is 12.1 Å². The number of anilines is 1. The van der Waals surface area contributed by atoms with Crippen molar-refractivity contribution in [2.24, 2.45) is 0 Å². The Morgan fingerprint density at radius 3 is 2.11 bits per heavy atom. The van der Waals surface area contributed by atoms with Crippen molar-refractivity contribution in [1.29, 1.82) is 0 Å². The summed E-state index contributed by atoms with van der Waals surface area (Å²) in [6, 6.07) is 1.53. The molecule has 2 N–H and O–H groups in total. The van der Waals surface area contributed by atoms with Gasteiger partial charge in [0.1, 0.15) is 6.54 Å². The van der Waals surface area contributed by atoms with E-state index in [9.17, 15) is 18.0 Å². The zero-order valence-corrected chi connectivity index (χ0v) is 10.8. The summed E-state index contributed by atoms with van der Waals surface area (Å²) in [6.45, 7) is -1.46. The molecule has 9 heteroatoms. The molecule has 0 heterocycles. The Hall–Kier alpha value is -0.850. The van der Waals surface area contributed by atoms with Gasteiger partial charge in [-0.25, -0.2) is 4.79 Å². The van der Waals surface area contributed by atoms with Gasteiger partial charge in [-0.3, -0.25) is 0 Å². The predicted octanol–water partition coefficient (Wildman–Crippen LogP) is 4.33. The first-order valence-electron chi connectivity index (χ1n) is 4.45. The lowest BCUT2D eigenvalue weighted by atomic mass is 10.3. The van der Waals surface area contributed by atoms with E-state index >= 15 is 0 Å². The highest BCUT2D eigenvalue weighted by Gasteiger charge is 2.27. The fourth-order valence-electron chi connectivity index (χ4n) is 1.000. The zero-order valence-electron chi connectivity index (χ0n) is 8.54. The molecule has 100 valence electrons. The van der Waals surface area contributed by atoms with Crippen molar-refractivity contribution >= 4 is 46.5 Å². The average molecular weight is 322 g/mol. The molecule has 1 aromatic carbocycles. The van der Waals surface area contributed by atoms with Crippen molar-refractivity contribution in [3.05, 3.63) is 27.2 Å². The van der Waals surface area contributed by atoms with Crippen LogP contribution in [0.5, 0.6) is 0 Å². The fourth-order valence-corrected chi connectivity index (χ4v) is 1.91. The maximum Gasteiger partial charge on any atom is 0.405 e. The second-order valence-corrected chi connectivity index (χ2v) is 4.42. The summed E-state index contributed by atoms with van der Waals surface area (Å²) in [4.78, 5) is 11.2. The molecule has 0 fully saturated rings. The van der Waals surface area contributed by atoms with Crippen LogP contribution in [0.2, 0.25) is 15.1 Å². The smallest absolute Gasteiger partial charge is 0.329 e. The minimum atomic E-state index is -4.50. The monoisotopic (exact) mass is 320 g/mol. The molecular weight excluding hydrogens is 315 g/mol. The lowest BCUT2D eigenvalue weighted by Gasteiger charge is -2.12. The third-order valence-electron chi connectivity index (χ3n) is 1.69. The Morgan fingerprint density at radius 1 is 1.17 bits per heavy atom. The normalized spacial score (nSPS) is 11.2. The molecule has 2 amide bonds. The van der Waals surface area contributed by atoms with Gasteiger partial charge in [-0.15, -0.1) is 0 Å². The molecule has 0 bridgehead atoms. The Kier molecular flexibility index (Phi) is 4.95. The van der Waals surface area contributed by atoms with E-state index < -0.39 is 18.8 Å². The highest BCUT2D eigenvalue weighted by Crippen LogP contribution is 2.33. The number of alkyl halides is 3. The highest BCUT2D eigenvalue weighted by atomic mass is 35.5. The van der Waals surface area contributed by atoms with Crippen molar-refractivity contribution in [2.45, 2.75) is 6.18 Å².